The Balaban J connectivity index is 1.82. The molecule has 196 valence electrons. The lowest BCUT2D eigenvalue weighted by molar-refractivity contribution is -0.137. The lowest BCUT2D eigenvalue weighted by atomic mass is 10.1. The lowest BCUT2D eigenvalue weighted by Crippen LogP contribution is -2.21. The molecule has 0 saturated heterocycles. The second kappa shape index (κ2) is 12.3. The molecule has 0 atom stereocenters. The Labute approximate surface area is 233 Å². The molecule has 2 N–H and O–H groups in total. The first kappa shape index (κ1) is 28.9. The highest BCUT2D eigenvalue weighted by Crippen LogP contribution is 2.35. The van der Waals surface area contributed by atoms with Gasteiger partial charge in [-0.3, -0.25) is 9.59 Å². The number of hydrogen-bond donors (Lipinski definition) is 2. The Bertz CT molecular complexity index is 1460. The summed E-state index contributed by atoms with van der Waals surface area (Å²) in [5.41, 5.74) is 1.40. The third-order valence-electron chi connectivity index (χ3n) is 5.38. The number of nitrogens with one attached hydrogen (secondary N) is 2. The van der Waals surface area contributed by atoms with Gasteiger partial charge in [-0.2, -0.15) is 18.4 Å². The predicted molar refractivity (Wildman–Crippen MR) is 146 cm³/mol. The quantitative estimate of drug-likeness (QED) is 0.206. The maximum Gasteiger partial charge on any atom is 0.416 e. The van der Waals surface area contributed by atoms with Crippen LogP contribution in [0.2, 0.25) is 0 Å². The largest absolute Gasteiger partial charge is 0.482 e. The molecule has 38 heavy (non-hydrogen) atoms. The molecule has 3 aromatic carbocycles. The molecular weight excluding hydrogens is 631 g/mol. The number of ether oxygens (including phenoxy) is 1. The lowest BCUT2D eigenvalue weighted by Gasteiger charge is -2.14. The number of nitriles is 1. The monoisotopic (exact) mass is 649 g/mol. The molecule has 0 aliphatic rings. The van der Waals surface area contributed by atoms with E-state index in [1.807, 2.05) is 26.0 Å². The van der Waals surface area contributed by atoms with E-state index in [-0.39, 0.29) is 23.6 Å². The fourth-order valence-electron chi connectivity index (χ4n) is 3.33. The van der Waals surface area contributed by atoms with Crippen molar-refractivity contribution < 1.29 is 27.5 Å². The van der Waals surface area contributed by atoms with Crippen LogP contribution in [0, 0.1) is 25.2 Å². The maximum absolute atomic E-state index is 13.0. The van der Waals surface area contributed by atoms with Crippen molar-refractivity contribution in [2.45, 2.75) is 20.0 Å². The summed E-state index contributed by atoms with van der Waals surface area (Å²) in [5, 5.41) is 14.7. The van der Waals surface area contributed by atoms with Crippen molar-refractivity contribution in [1.29, 1.82) is 5.26 Å². The van der Waals surface area contributed by atoms with Crippen LogP contribution in [-0.2, 0) is 15.8 Å². The summed E-state index contributed by atoms with van der Waals surface area (Å²) in [6.45, 7) is 3.44. The van der Waals surface area contributed by atoms with Gasteiger partial charge in [-0.1, -0.05) is 34.1 Å². The third kappa shape index (κ3) is 7.46. The number of aryl methyl sites for hydroxylation is 1. The average Bonchev–Trinajstić information content (AvgIpc) is 2.84. The van der Waals surface area contributed by atoms with Gasteiger partial charge in [0.25, 0.3) is 11.8 Å². The number of hydrogen-bond acceptors (Lipinski definition) is 4. The minimum absolute atomic E-state index is 0.124. The number of carbonyl (C=O) groups is 2. The van der Waals surface area contributed by atoms with E-state index in [1.54, 1.807) is 24.3 Å². The van der Waals surface area contributed by atoms with Gasteiger partial charge in [0.2, 0.25) is 0 Å². The molecule has 0 aliphatic heterocycles. The van der Waals surface area contributed by atoms with Gasteiger partial charge < -0.3 is 15.4 Å². The molecule has 3 rings (SSSR count). The van der Waals surface area contributed by atoms with Crippen LogP contribution in [0.3, 0.4) is 0 Å². The summed E-state index contributed by atoms with van der Waals surface area (Å²) in [6, 6.07) is 14.6. The molecule has 0 fully saturated rings. The summed E-state index contributed by atoms with van der Waals surface area (Å²) >= 11 is 6.69. The summed E-state index contributed by atoms with van der Waals surface area (Å²) < 4.78 is 45.7. The Morgan fingerprint density at radius 3 is 2.45 bits per heavy atom. The van der Waals surface area contributed by atoms with E-state index in [9.17, 15) is 28.0 Å². The molecular formula is C27H20Br2F3N3O3. The van der Waals surface area contributed by atoms with Crippen LogP contribution in [0.1, 0.15) is 22.3 Å². The molecule has 6 nitrogen and oxygen atoms in total. The number of nitrogens with zero attached hydrogens (tertiary/aromatic N) is 1. The van der Waals surface area contributed by atoms with Gasteiger partial charge in [-0.15, -0.1) is 0 Å². The first-order valence-electron chi connectivity index (χ1n) is 11.0. The second-order valence-electron chi connectivity index (χ2n) is 8.09. The summed E-state index contributed by atoms with van der Waals surface area (Å²) in [7, 11) is 0. The highest BCUT2D eigenvalue weighted by atomic mass is 79.9. The van der Waals surface area contributed by atoms with Crippen LogP contribution >= 0.6 is 31.9 Å². The first-order chi connectivity index (χ1) is 17.9. The van der Waals surface area contributed by atoms with Gasteiger partial charge in [0, 0.05) is 21.4 Å². The number of amides is 2. The zero-order chi connectivity index (χ0) is 28.0. The smallest absolute Gasteiger partial charge is 0.416 e. The van der Waals surface area contributed by atoms with Gasteiger partial charge >= 0.3 is 6.18 Å². The van der Waals surface area contributed by atoms with Gasteiger partial charge in [-0.05, 0) is 83.4 Å². The zero-order valence-electron chi connectivity index (χ0n) is 20.0. The number of carbonyl (C=O) groups excluding carboxylic acids is 2. The van der Waals surface area contributed by atoms with Crippen molar-refractivity contribution in [2.24, 2.45) is 0 Å². The number of rotatable bonds is 7. The molecule has 3 aromatic rings. The normalized spacial score (nSPS) is 11.5. The summed E-state index contributed by atoms with van der Waals surface area (Å²) in [4.78, 5) is 25.3. The number of anilines is 2. The number of halogens is 5. The molecule has 0 saturated carbocycles. The minimum atomic E-state index is -4.59. The van der Waals surface area contributed by atoms with Crippen molar-refractivity contribution in [1.82, 2.24) is 0 Å². The molecule has 0 aliphatic carbocycles. The van der Waals surface area contributed by atoms with E-state index >= 15 is 0 Å². The molecule has 0 heterocycles. The van der Waals surface area contributed by atoms with Gasteiger partial charge in [-0.25, -0.2) is 0 Å². The van der Waals surface area contributed by atoms with Crippen molar-refractivity contribution in [3.63, 3.8) is 0 Å². The molecule has 0 spiro atoms. The van der Waals surface area contributed by atoms with Crippen LogP contribution < -0.4 is 15.4 Å². The summed E-state index contributed by atoms with van der Waals surface area (Å²) in [6.07, 6.45) is -3.37. The molecule has 0 bridgehead atoms. The number of benzene rings is 3. The Morgan fingerprint density at radius 1 is 1.05 bits per heavy atom. The first-order valence-corrected chi connectivity index (χ1v) is 12.6. The number of alkyl halides is 3. The standard InChI is InChI=1S/C27H20Br2F3N3O3/c1-15-5-3-8-23(16(15)2)35-24(36)14-38-25-17(10-20(28)12-22(25)29)9-18(13-33)26(37)34-21-7-4-6-19(11-21)27(30,31)32/h3-12H,14H2,1-2H3,(H,34,37)(H,35,36)/b18-9+. The fraction of sp³-hybridized carbons (Fsp3) is 0.148. The van der Waals surface area contributed by atoms with E-state index in [0.717, 1.165) is 29.3 Å². The topological polar surface area (TPSA) is 91.2 Å². The Hall–Kier alpha value is -3.62. The van der Waals surface area contributed by atoms with Crippen molar-refractivity contribution >= 4 is 61.1 Å². The molecule has 0 radical (unpaired) electrons. The average molecular weight is 651 g/mol. The van der Waals surface area contributed by atoms with E-state index in [0.29, 0.717) is 14.6 Å². The van der Waals surface area contributed by atoms with Crippen LogP contribution in [0.15, 0.2) is 69.1 Å². The zero-order valence-corrected chi connectivity index (χ0v) is 23.2. The summed E-state index contributed by atoms with van der Waals surface area (Å²) in [5.74, 6) is -1.16. The molecule has 11 heteroatoms. The SMILES string of the molecule is Cc1cccc(NC(=O)COc2c(Br)cc(Br)cc2/C=C(\C#N)C(=O)Nc2cccc(C(F)(F)F)c2)c1C. The van der Waals surface area contributed by atoms with E-state index < -0.39 is 29.1 Å². The third-order valence-corrected chi connectivity index (χ3v) is 6.42. The molecule has 0 aromatic heterocycles. The van der Waals surface area contributed by atoms with E-state index in [1.165, 1.54) is 12.1 Å². The van der Waals surface area contributed by atoms with Gasteiger partial charge in [0.05, 0.1) is 10.0 Å². The van der Waals surface area contributed by atoms with Crippen LogP contribution in [-0.4, -0.2) is 18.4 Å². The molecule has 2 amide bonds. The fourth-order valence-corrected chi connectivity index (χ4v) is 4.70. The van der Waals surface area contributed by atoms with Gasteiger partial charge in [0.15, 0.2) is 6.61 Å². The predicted octanol–water partition coefficient (Wildman–Crippen LogP) is 7.41. The highest BCUT2D eigenvalue weighted by Gasteiger charge is 2.30. The van der Waals surface area contributed by atoms with Crippen LogP contribution in [0.4, 0.5) is 24.5 Å². The maximum atomic E-state index is 13.0. The van der Waals surface area contributed by atoms with Gasteiger partial charge in [0.1, 0.15) is 17.4 Å². The highest BCUT2D eigenvalue weighted by molar-refractivity contribution is 9.11. The minimum Gasteiger partial charge on any atom is -0.482 e. The Morgan fingerprint density at radius 2 is 1.76 bits per heavy atom. The van der Waals surface area contributed by atoms with Crippen molar-refractivity contribution in [3.8, 4) is 11.8 Å². The second-order valence-corrected chi connectivity index (χ2v) is 9.86. The Kier molecular flexibility index (Phi) is 9.36. The van der Waals surface area contributed by atoms with E-state index in [2.05, 4.69) is 42.5 Å². The van der Waals surface area contributed by atoms with Crippen molar-refractivity contribution in [3.05, 3.63) is 91.4 Å². The van der Waals surface area contributed by atoms with Crippen molar-refractivity contribution in [2.75, 3.05) is 17.2 Å². The van der Waals surface area contributed by atoms with Crippen LogP contribution in [0.5, 0.6) is 5.75 Å². The van der Waals surface area contributed by atoms with Crippen LogP contribution in [0.25, 0.3) is 6.08 Å². The van der Waals surface area contributed by atoms with E-state index in [4.69, 9.17) is 4.74 Å². The molecule has 0 unspecified atom stereocenters.